The quantitative estimate of drug-likeness (QED) is 0.717. The third-order valence-corrected chi connectivity index (χ3v) is 4.37. The van der Waals surface area contributed by atoms with Gasteiger partial charge in [0.15, 0.2) is 0 Å². The molecule has 3 unspecified atom stereocenters. The zero-order valence-corrected chi connectivity index (χ0v) is 12.3. The summed E-state index contributed by atoms with van der Waals surface area (Å²) < 4.78 is 0. The van der Waals surface area contributed by atoms with Crippen molar-refractivity contribution in [1.82, 2.24) is 10.2 Å². The van der Waals surface area contributed by atoms with E-state index in [0.717, 1.165) is 18.5 Å². The molecule has 0 radical (unpaired) electrons. The largest absolute Gasteiger partial charge is 0.312 e. The third-order valence-electron chi connectivity index (χ3n) is 4.37. The topological polar surface area (TPSA) is 15.3 Å². The van der Waals surface area contributed by atoms with Gasteiger partial charge in [0.2, 0.25) is 0 Å². The van der Waals surface area contributed by atoms with Gasteiger partial charge in [-0.15, -0.1) is 0 Å². The third kappa shape index (κ3) is 5.87. The van der Waals surface area contributed by atoms with Crippen LogP contribution in [-0.4, -0.2) is 37.6 Å². The highest BCUT2D eigenvalue weighted by Gasteiger charge is 2.18. The minimum atomic E-state index is 0.643. The lowest BCUT2D eigenvalue weighted by atomic mass is 9.95. The summed E-state index contributed by atoms with van der Waals surface area (Å²) >= 11 is 0. The fraction of sp³-hybridized carbons (Fsp3) is 1.00. The first-order valence-electron chi connectivity index (χ1n) is 7.53. The first-order chi connectivity index (χ1) is 8.13. The van der Waals surface area contributed by atoms with E-state index in [1.165, 1.54) is 44.9 Å². The van der Waals surface area contributed by atoms with Gasteiger partial charge in [0.1, 0.15) is 0 Å². The summed E-state index contributed by atoms with van der Waals surface area (Å²) in [4.78, 5) is 2.30. The highest BCUT2D eigenvalue weighted by atomic mass is 15.1. The van der Waals surface area contributed by atoms with Gasteiger partial charge in [-0.2, -0.15) is 0 Å². The predicted octanol–water partition coefficient (Wildman–Crippen LogP) is 3.28. The minimum Gasteiger partial charge on any atom is -0.312 e. The van der Waals surface area contributed by atoms with Crippen molar-refractivity contribution in [3.05, 3.63) is 0 Å². The van der Waals surface area contributed by atoms with E-state index in [1.807, 2.05) is 0 Å². The van der Waals surface area contributed by atoms with Crippen molar-refractivity contribution in [3.63, 3.8) is 0 Å². The summed E-state index contributed by atoms with van der Waals surface area (Å²) in [7, 11) is 4.33. The molecule has 1 aliphatic rings. The second-order valence-electron chi connectivity index (χ2n) is 6.08. The lowest BCUT2D eigenvalue weighted by Gasteiger charge is -2.24. The van der Waals surface area contributed by atoms with E-state index >= 15 is 0 Å². The Hall–Kier alpha value is -0.0800. The molecule has 2 heteroatoms. The molecule has 0 aromatic carbocycles. The Morgan fingerprint density at radius 2 is 1.94 bits per heavy atom. The van der Waals surface area contributed by atoms with Crippen LogP contribution in [0.4, 0.5) is 0 Å². The van der Waals surface area contributed by atoms with Crippen LogP contribution in [0.2, 0.25) is 0 Å². The van der Waals surface area contributed by atoms with Crippen LogP contribution in [0.25, 0.3) is 0 Å². The maximum Gasteiger partial charge on any atom is 0.0186 e. The van der Waals surface area contributed by atoms with Gasteiger partial charge in [0.05, 0.1) is 0 Å². The normalized spacial score (nSPS) is 28.1. The average Bonchev–Trinajstić information content (AvgIpc) is 2.52. The van der Waals surface area contributed by atoms with Crippen molar-refractivity contribution in [2.45, 2.75) is 70.9 Å². The Morgan fingerprint density at radius 3 is 2.59 bits per heavy atom. The van der Waals surface area contributed by atoms with Crippen molar-refractivity contribution in [2.24, 2.45) is 5.92 Å². The Balaban J connectivity index is 2.22. The number of nitrogens with zero attached hydrogens (tertiary/aromatic N) is 1. The SMILES string of the molecule is CCCC1CCCC(NCC(C)N(C)C)CC1. The van der Waals surface area contributed by atoms with Crippen molar-refractivity contribution in [2.75, 3.05) is 20.6 Å². The molecule has 1 aliphatic carbocycles. The van der Waals surface area contributed by atoms with E-state index in [4.69, 9.17) is 0 Å². The molecule has 0 heterocycles. The van der Waals surface area contributed by atoms with Crippen LogP contribution >= 0.6 is 0 Å². The van der Waals surface area contributed by atoms with Crippen molar-refractivity contribution in [1.29, 1.82) is 0 Å². The van der Waals surface area contributed by atoms with E-state index in [1.54, 1.807) is 0 Å². The molecule has 0 amide bonds. The number of rotatable bonds is 6. The number of likely N-dealkylation sites (N-methyl/N-ethyl adjacent to an activating group) is 1. The van der Waals surface area contributed by atoms with E-state index < -0.39 is 0 Å². The van der Waals surface area contributed by atoms with Crippen molar-refractivity contribution >= 4 is 0 Å². The molecule has 0 saturated heterocycles. The molecule has 17 heavy (non-hydrogen) atoms. The van der Waals surface area contributed by atoms with E-state index in [9.17, 15) is 0 Å². The van der Waals surface area contributed by atoms with Crippen LogP contribution in [0.15, 0.2) is 0 Å². The summed E-state index contributed by atoms with van der Waals surface area (Å²) in [5.74, 6) is 1.01. The van der Waals surface area contributed by atoms with Crippen LogP contribution in [0.3, 0.4) is 0 Å². The molecule has 102 valence electrons. The van der Waals surface area contributed by atoms with Gasteiger partial charge in [-0.1, -0.05) is 32.6 Å². The van der Waals surface area contributed by atoms with Gasteiger partial charge in [-0.05, 0) is 46.2 Å². The Labute approximate surface area is 108 Å². The van der Waals surface area contributed by atoms with Crippen LogP contribution < -0.4 is 5.32 Å². The Bertz CT molecular complexity index is 191. The molecule has 1 rings (SSSR count). The summed E-state index contributed by atoms with van der Waals surface area (Å²) in [5.41, 5.74) is 0. The number of hydrogen-bond donors (Lipinski definition) is 1. The average molecular weight is 240 g/mol. The molecule has 0 spiro atoms. The molecule has 1 N–H and O–H groups in total. The zero-order valence-electron chi connectivity index (χ0n) is 12.3. The fourth-order valence-electron chi connectivity index (χ4n) is 2.80. The van der Waals surface area contributed by atoms with E-state index in [-0.39, 0.29) is 0 Å². The highest BCUT2D eigenvalue weighted by molar-refractivity contribution is 4.76. The standard InChI is InChI=1S/C15H32N2/c1-5-7-14-8-6-9-15(11-10-14)16-12-13(2)17(3)4/h13-16H,5-12H2,1-4H3. The smallest absolute Gasteiger partial charge is 0.0186 e. The summed E-state index contributed by atoms with van der Waals surface area (Å²) in [5, 5.41) is 3.76. The highest BCUT2D eigenvalue weighted by Crippen LogP contribution is 2.26. The van der Waals surface area contributed by atoms with Gasteiger partial charge in [0.25, 0.3) is 0 Å². The molecular weight excluding hydrogens is 208 g/mol. The molecular formula is C15H32N2. The molecule has 0 aromatic rings. The first kappa shape index (κ1) is 15.0. The summed E-state index contributed by atoms with van der Waals surface area (Å²) in [6.07, 6.45) is 9.93. The lowest BCUT2D eigenvalue weighted by molar-refractivity contribution is 0.287. The first-order valence-corrected chi connectivity index (χ1v) is 7.53. The number of nitrogens with one attached hydrogen (secondary N) is 1. The predicted molar refractivity (Wildman–Crippen MR) is 76.4 cm³/mol. The van der Waals surface area contributed by atoms with Crippen molar-refractivity contribution < 1.29 is 0 Å². The van der Waals surface area contributed by atoms with Crippen LogP contribution in [-0.2, 0) is 0 Å². The second kappa shape index (κ2) is 8.10. The molecule has 0 aliphatic heterocycles. The molecule has 1 fully saturated rings. The maximum absolute atomic E-state index is 3.76. The van der Waals surface area contributed by atoms with Crippen molar-refractivity contribution in [3.8, 4) is 0 Å². The maximum atomic E-state index is 3.76. The molecule has 1 saturated carbocycles. The number of hydrogen-bond acceptors (Lipinski definition) is 2. The summed E-state index contributed by atoms with van der Waals surface area (Å²) in [6, 6.07) is 1.42. The van der Waals surface area contributed by atoms with Gasteiger partial charge < -0.3 is 10.2 Å². The van der Waals surface area contributed by atoms with Crippen LogP contribution in [0.5, 0.6) is 0 Å². The molecule has 0 bridgehead atoms. The Kier molecular flexibility index (Phi) is 7.14. The molecule has 3 atom stereocenters. The van der Waals surface area contributed by atoms with Gasteiger partial charge in [0, 0.05) is 18.6 Å². The second-order valence-corrected chi connectivity index (χ2v) is 6.08. The summed E-state index contributed by atoms with van der Waals surface area (Å²) in [6.45, 7) is 5.75. The lowest BCUT2D eigenvalue weighted by Crippen LogP contribution is -2.40. The van der Waals surface area contributed by atoms with Crippen LogP contribution in [0, 0.1) is 5.92 Å². The van der Waals surface area contributed by atoms with E-state index in [0.29, 0.717) is 6.04 Å². The van der Waals surface area contributed by atoms with Gasteiger partial charge in [-0.3, -0.25) is 0 Å². The zero-order chi connectivity index (χ0) is 12.7. The van der Waals surface area contributed by atoms with E-state index in [2.05, 4.69) is 38.2 Å². The monoisotopic (exact) mass is 240 g/mol. The van der Waals surface area contributed by atoms with Gasteiger partial charge in [-0.25, -0.2) is 0 Å². The van der Waals surface area contributed by atoms with Crippen LogP contribution in [0.1, 0.15) is 58.8 Å². The Morgan fingerprint density at radius 1 is 1.18 bits per heavy atom. The fourth-order valence-corrected chi connectivity index (χ4v) is 2.80. The molecule has 2 nitrogen and oxygen atoms in total. The minimum absolute atomic E-state index is 0.643. The molecule has 0 aromatic heterocycles. The van der Waals surface area contributed by atoms with Gasteiger partial charge >= 0.3 is 0 Å².